The molecule has 21 heavy (non-hydrogen) atoms. The molecule has 2 saturated carbocycles. The summed E-state index contributed by atoms with van der Waals surface area (Å²) in [6, 6.07) is 0. The molecule has 2 aliphatic rings. The average Bonchev–Trinajstić information content (AvgIpc) is 2.95. The molecule has 5 unspecified atom stereocenters. The molecular formula is C19H36O2. The molecule has 0 radical (unpaired) electrons. The van der Waals surface area contributed by atoms with E-state index in [-0.39, 0.29) is 17.1 Å². The van der Waals surface area contributed by atoms with Gasteiger partial charge in [-0.05, 0) is 63.7 Å². The first-order chi connectivity index (χ1) is 9.83. The van der Waals surface area contributed by atoms with Gasteiger partial charge in [-0.3, -0.25) is 0 Å². The quantitative estimate of drug-likeness (QED) is 0.612. The molecule has 2 aliphatic carbocycles. The minimum atomic E-state index is -0.178. The van der Waals surface area contributed by atoms with Gasteiger partial charge in [0.15, 0.2) is 0 Å². The average molecular weight is 296 g/mol. The first kappa shape index (κ1) is 17.3. The fourth-order valence-corrected chi connectivity index (χ4v) is 5.16. The highest BCUT2D eigenvalue weighted by Crippen LogP contribution is 2.69. The predicted octanol–water partition coefficient (Wildman–Crippen LogP) is 5.20. The van der Waals surface area contributed by atoms with Crippen LogP contribution in [0.1, 0.15) is 80.1 Å². The maximum atomic E-state index is 6.52. The highest BCUT2D eigenvalue weighted by molar-refractivity contribution is 5.15. The van der Waals surface area contributed by atoms with Crippen molar-refractivity contribution in [2.75, 3.05) is 13.2 Å². The summed E-state index contributed by atoms with van der Waals surface area (Å²) in [4.78, 5) is 0. The largest absolute Gasteiger partial charge is 0.376 e. The molecule has 0 aromatic rings. The van der Waals surface area contributed by atoms with Gasteiger partial charge in [0.2, 0.25) is 0 Å². The molecule has 2 heteroatoms. The Morgan fingerprint density at radius 1 is 1.14 bits per heavy atom. The highest BCUT2D eigenvalue weighted by Gasteiger charge is 2.65. The first-order valence-corrected chi connectivity index (χ1v) is 9.08. The SMILES string of the molecule is CCCOC(C)C(C)(OCCC)C1(C)CC2CCC1(C)C2. The van der Waals surface area contributed by atoms with Crippen molar-refractivity contribution in [1.82, 2.24) is 0 Å². The normalized spacial score (nSPS) is 39.4. The molecule has 2 fully saturated rings. The first-order valence-electron chi connectivity index (χ1n) is 9.08. The summed E-state index contributed by atoms with van der Waals surface area (Å²) in [6.45, 7) is 15.6. The van der Waals surface area contributed by atoms with Gasteiger partial charge in [-0.25, -0.2) is 0 Å². The van der Waals surface area contributed by atoms with Crippen LogP contribution >= 0.6 is 0 Å². The molecule has 0 aromatic heterocycles. The van der Waals surface area contributed by atoms with Crippen LogP contribution in [0.4, 0.5) is 0 Å². The Labute approximate surface area is 132 Å². The molecule has 5 atom stereocenters. The van der Waals surface area contributed by atoms with E-state index in [0.717, 1.165) is 32.0 Å². The fourth-order valence-electron chi connectivity index (χ4n) is 5.16. The Bertz CT molecular complexity index is 355. The lowest BCUT2D eigenvalue weighted by atomic mass is 9.55. The van der Waals surface area contributed by atoms with Crippen LogP contribution < -0.4 is 0 Å². The molecule has 124 valence electrons. The standard InChI is InChI=1S/C19H36O2/c1-7-11-20-15(3)19(6,21-12-8-2)18(5)14-16-9-10-17(18,4)13-16/h15-16H,7-14H2,1-6H3. The Kier molecular flexibility index (Phi) is 5.10. The van der Waals surface area contributed by atoms with Crippen molar-refractivity contribution < 1.29 is 9.47 Å². The van der Waals surface area contributed by atoms with Crippen molar-refractivity contribution in [3.05, 3.63) is 0 Å². The van der Waals surface area contributed by atoms with Crippen LogP contribution in [0.2, 0.25) is 0 Å². The Balaban J connectivity index is 2.26. The van der Waals surface area contributed by atoms with Crippen LogP contribution in [-0.2, 0) is 9.47 Å². The minimum absolute atomic E-state index is 0.158. The Morgan fingerprint density at radius 3 is 2.29 bits per heavy atom. The zero-order chi connectivity index (χ0) is 15.7. The molecule has 2 nitrogen and oxygen atoms in total. The van der Waals surface area contributed by atoms with E-state index < -0.39 is 0 Å². The van der Waals surface area contributed by atoms with Crippen LogP contribution in [0.5, 0.6) is 0 Å². The third kappa shape index (κ3) is 2.67. The lowest BCUT2D eigenvalue weighted by Crippen LogP contribution is -2.59. The van der Waals surface area contributed by atoms with E-state index in [1.54, 1.807) is 0 Å². The summed E-state index contributed by atoms with van der Waals surface area (Å²) in [5, 5.41) is 0. The number of rotatable bonds is 8. The molecule has 2 rings (SSSR count). The summed E-state index contributed by atoms with van der Waals surface area (Å²) in [5.41, 5.74) is 0.470. The van der Waals surface area contributed by atoms with Gasteiger partial charge in [0.05, 0.1) is 11.7 Å². The number of ether oxygens (including phenoxy) is 2. The van der Waals surface area contributed by atoms with Gasteiger partial charge in [0, 0.05) is 18.6 Å². The number of fused-ring (bicyclic) bond motifs is 2. The lowest BCUT2D eigenvalue weighted by Gasteiger charge is -2.56. The molecule has 0 saturated heterocycles. The van der Waals surface area contributed by atoms with E-state index >= 15 is 0 Å². The zero-order valence-electron chi connectivity index (χ0n) is 15.1. The predicted molar refractivity (Wildman–Crippen MR) is 88.5 cm³/mol. The smallest absolute Gasteiger partial charge is 0.0970 e. The van der Waals surface area contributed by atoms with Crippen molar-refractivity contribution in [1.29, 1.82) is 0 Å². The summed E-state index contributed by atoms with van der Waals surface area (Å²) >= 11 is 0. The van der Waals surface area contributed by atoms with Crippen LogP contribution in [0.25, 0.3) is 0 Å². The van der Waals surface area contributed by atoms with E-state index in [1.807, 2.05) is 0 Å². The number of hydrogen-bond acceptors (Lipinski definition) is 2. The monoisotopic (exact) mass is 296 g/mol. The third-order valence-electron chi connectivity index (χ3n) is 6.92. The van der Waals surface area contributed by atoms with E-state index in [9.17, 15) is 0 Å². The second kappa shape index (κ2) is 6.20. The molecule has 0 spiro atoms. The van der Waals surface area contributed by atoms with Crippen molar-refractivity contribution in [3.63, 3.8) is 0 Å². The molecule has 0 aromatic carbocycles. The summed E-state index contributed by atoms with van der Waals surface area (Å²) in [6.07, 6.45) is 7.78. The van der Waals surface area contributed by atoms with Gasteiger partial charge >= 0.3 is 0 Å². The van der Waals surface area contributed by atoms with Gasteiger partial charge in [0.25, 0.3) is 0 Å². The van der Waals surface area contributed by atoms with E-state index in [2.05, 4.69) is 41.5 Å². The maximum Gasteiger partial charge on any atom is 0.0970 e. The summed E-state index contributed by atoms with van der Waals surface area (Å²) in [7, 11) is 0. The number of hydrogen-bond donors (Lipinski definition) is 0. The lowest BCUT2D eigenvalue weighted by molar-refractivity contribution is -0.220. The molecule has 0 heterocycles. The molecule has 0 aliphatic heterocycles. The van der Waals surface area contributed by atoms with Crippen LogP contribution in [0.15, 0.2) is 0 Å². The van der Waals surface area contributed by atoms with Crippen LogP contribution in [-0.4, -0.2) is 24.9 Å². The van der Waals surface area contributed by atoms with E-state index in [4.69, 9.17) is 9.47 Å². The zero-order valence-corrected chi connectivity index (χ0v) is 15.1. The van der Waals surface area contributed by atoms with Crippen molar-refractivity contribution in [2.45, 2.75) is 91.8 Å². The second-order valence-electron chi connectivity index (χ2n) is 8.17. The van der Waals surface area contributed by atoms with E-state index in [1.165, 1.54) is 25.7 Å². The van der Waals surface area contributed by atoms with Gasteiger partial charge in [-0.1, -0.05) is 27.7 Å². The maximum absolute atomic E-state index is 6.52. The van der Waals surface area contributed by atoms with Crippen molar-refractivity contribution in [3.8, 4) is 0 Å². The fraction of sp³-hybridized carbons (Fsp3) is 1.00. The van der Waals surface area contributed by atoms with Crippen LogP contribution in [0, 0.1) is 16.7 Å². The Hall–Kier alpha value is -0.0800. The molecule has 0 amide bonds. The van der Waals surface area contributed by atoms with Crippen molar-refractivity contribution in [2.24, 2.45) is 16.7 Å². The topological polar surface area (TPSA) is 18.5 Å². The van der Waals surface area contributed by atoms with Gasteiger partial charge in [-0.15, -0.1) is 0 Å². The van der Waals surface area contributed by atoms with E-state index in [0.29, 0.717) is 5.41 Å². The molecule has 2 bridgehead atoms. The van der Waals surface area contributed by atoms with Gasteiger partial charge < -0.3 is 9.47 Å². The van der Waals surface area contributed by atoms with Gasteiger partial charge in [0.1, 0.15) is 0 Å². The third-order valence-corrected chi connectivity index (χ3v) is 6.92. The van der Waals surface area contributed by atoms with Gasteiger partial charge in [-0.2, -0.15) is 0 Å². The minimum Gasteiger partial charge on any atom is -0.376 e. The summed E-state index contributed by atoms with van der Waals surface area (Å²) < 4.78 is 12.7. The van der Waals surface area contributed by atoms with Crippen LogP contribution in [0.3, 0.4) is 0 Å². The molecular weight excluding hydrogens is 260 g/mol. The highest BCUT2D eigenvalue weighted by atomic mass is 16.5. The van der Waals surface area contributed by atoms with Crippen molar-refractivity contribution >= 4 is 0 Å². The Morgan fingerprint density at radius 2 is 1.81 bits per heavy atom. The summed E-state index contributed by atoms with van der Waals surface area (Å²) in [5.74, 6) is 0.905. The molecule has 0 N–H and O–H groups in total. The second-order valence-corrected chi connectivity index (χ2v) is 8.17.